The van der Waals surface area contributed by atoms with Gasteiger partial charge in [0.2, 0.25) is 0 Å². The second-order valence-corrected chi connectivity index (χ2v) is 4.98. The molecule has 1 N–H and O–H groups in total. The van der Waals surface area contributed by atoms with Crippen molar-refractivity contribution in [2.45, 2.75) is 32.7 Å². The summed E-state index contributed by atoms with van der Waals surface area (Å²) < 4.78 is 0. The first-order valence-corrected chi connectivity index (χ1v) is 5.77. The molecule has 1 aliphatic heterocycles. The molecule has 0 radical (unpaired) electrons. The molecule has 1 aliphatic carbocycles. The van der Waals surface area contributed by atoms with Crippen LogP contribution in [0.5, 0.6) is 0 Å². The van der Waals surface area contributed by atoms with Crippen molar-refractivity contribution >= 4 is 0 Å². The standard InChI is InChI=1S/C12H22N2/c1-9(12-6-13-7-12)8-14(3)10(2)11-4-5-11/h10-11,13H,4-8H2,1-3H3. The van der Waals surface area contributed by atoms with Crippen LogP contribution in [0, 0.1) is 5.92 Å². The van der Waals surface area contributed by atoms with Crippen LogP contribution in [0.1, 0.15) is 26.7 Å². The van der Waals surface area contributed by atoms with Gasteiger partial charge in [0.1, 0.15) is 0 Å². The van der Waals surface area contributed by atoms with E-state index in [9.17, 15) is 0 Å². The van der Waals surface area contributed by atoms with Crippen molar-refractivity contribution in [2.24, 2.45) is 5.92 Å². The van der Waals surface area contributed by atoms with Gasteiger partial charge in [-0.3, -0.25) is 4.90 Å². The minimum atomic E-state index is 0.776. The fourth-order valence-corrected chi connectivity index (χ4v) is 2.12. The quantitative estimate of drug-likeness (QED) is 0.684. The van der Waals surface area contributed by atoms with E-state index in [4.69, 9.17) is 0 Å². The van der Waals surface area contributed by atoms with Crippen molar-refractivity contribution in [2.75, 3.05) is 26.7 Å². The molecule has 2 rings (SSSR count). The van der Waals surface area contributed by atoms with Crippen LogP contribution in [0.15, 0.2) is 11.1 Å². The Labute approximate surface area is 87.4 Å². The number of nitrogens with one attached hydrogen (secondary N) is 1. The molecular formula is C12H22N2. The Morgan fingerprint density at radius 1 is 1.50 bits per heavy atom. The Morgan fingerprint density at radius 3 is 2.57 bits per heavy atom. The molecule has 0 aromatic carbocycles. The molecule has 14 heavy (non-hydrogen) atoms. The summed E-state index contributed by atoms with van der Waals surface area (Å²) in [7, 11) is 2.26. The summed E-state index contributed by atoms with van der Waals surface area (Å²) in [6.07, 6.45) is 2.89. The van der Waals surface area contributed by atoms with E-state index in [1.54, 1.807) is 11.1 Å². The molecule has 1 unspecified atom stereocenters. The van der Waals surface area contributed by atoms with Gasteiger partial charge in [0.25, 0.3) is 0 Å². The Bertz CT molecular complexity index is 235. The second kappa shape index (κ2) is 4.03. The minimum absolute atomic E-state index is 0.776. The number of nitrogens with zero attached hydrogens (tertiary/aromatic N) is 1. The van der Waals surface area contributed by atoms with Crippen LogP contribution in [-0.4, -0.2) is 37.6 Å². The lowest BCUT2D eigenvalue weighted by atomic mass is 10.0. The van der Waals surface area contributed by atoms with E-state index in [-0.39, 0.29) is 0 Å². The van der Waals surface area contributed by atoms with Gasteiger partial charge in [0.15, 0.2) is 0 Å². The topological polar surface area (TPSA) is 15.3 Å². The summed E-state index contributed by atoms with van der Waals surface area (Å²) in [5.41, 5.74) is 3.21. The average molecular weight is 194 g/mol. The zero-order valence-electron chi connectivity index (χ0n) is 9.64. The zero-order valence-corrected chi connectivity index (χ0v) is 9.64. The Morgan fingerprint density at radius 2 is 2.14 bits per heavy atom. The minimum Gasteiger partial charge on any atom is -0.309 e. The molecule has 80 valence electrons. The lowest BCUT2D eigenvalue weighted by Gasteiger charge is -2.28. The smallest absolute Gasteiger partial charge is 0.0193 e. The van der Waals surface area contributed by atoms with Crippen LogP contribution in [0.25, 0.3) is 0 Å². The van der Waals surface area contributed by atoms with E-state index >= 15 is 0 Å². The molecule has 1 heterocycles. The van der Waals surface area contributed by atoms with Crippen molar-refractivity contribution in [1.29, 1.82) is 0 Å². The van der Waals surface area contributed by atoms with Gasteiger partial charge >= 0.3 is 0 Å². The first kappa shape index (κ1) is 10.2. The predicted octanol–water partition coefficient (Wildman–Crippen LogP) is 1.64. The summed E-state index contributed by atoms with van der Waals surface area (Å²) in [4.78, 5) is 2.51. The largest absolute Gasteiger partial charge is 0.309 e. The first-order valence-electron chi connectivity index (χ1n) is 5.77. The maximum Gasteiger partial charge on any atom is 0.0193 e. The van der Waals surface area contributed by atoms with Crippen LogP contribution in [0.3, 0.4) is 0 Å². The highest BCUT2D eigenvalue weighted by Gasteiger charge is 2.30. The van der Waals surface area contributed by atoms with Crippen LogP contribution in [0.4, 0.5) is 0 Å². The lowest BCUT2D eigenvalue weighted by Crippen LogP contribution is -2.38. The highest BCUT2D eigenvalue weighted by molar-refractivity contribution is 5.22. The molecule has 0 aromatic rings. The number of likely N-dealkylation sites (N-methyl/N-ethyl adjacent to an activating group) is 1. The van der Waals surface area contributed by atoms with Gasteiger partial charge in [-0.1, -0.05) is 5.57 Å². The fourth-order valence-electron chi connectivity index (χ4n) is 2.12. The van der Waals surface area contributed by atoms with Crippen LogP contribution in [0.2, 0.25) is 0 Å². The molecule has 0 bridgehead atoms. The summed E-state index contributed by atoms with van der Waals surface area (Å²) in [6.45, 7) is 8.06. The molecule has 1 saturated carbocycles. The SMILES string of the molecule is CC(CN(C)C(C)C1CC1)=C1CNC1. The van der Waals surface area contributed by atoms with Gasteiger partial charge in [0, 0.05) is 25.7 Å². The van der Waals surface area contributed by atoms with Gasteiger partial charge in [-0.15, -0.1) is 0 Å². The van der Waals surface area contributed by atoms with E-state index in [1.807, 2.05) is 0 Å². The van der Waals surface area contributed by atoms with E-state index in [1.165, 1.54) is 12.8 Å². The monoisotopic (exact) mass is 194 g/mol. The molecule has 1 saturated heterocycles. The molecule has 0 aromatic heterocycles. The fraction of sp³-hybridized carbons (Fsp3) is 0.833. The van der Waals surface area contributed by atoms with Crippen molar-refractivity contribution < 1.29 is 0 Å². The number of rotatable bonds is 4. The molecule has 2 nitrogen and oxygen atoms in total. The Hall–Kier alpha value is -0.340. The van der Waals surface area contributed by atoms with E-state index in [2.05, 4.69) is 31.1 Å². The summed E-state index contributed by atoms with van der Waals surface area (Å²) in [5.74, 6) is 0.984. The summed E-state index contributed by atoms with van der Waals surface area (Å²) in [5, 5.41) is 3.30. The van der Waals surface area contributed by atoms with Gasteiger partial charge < -0.3 is 5.32 Å². The molecule has 2 aliphatic rings. The zero-order chi connectivity index (χ0) is 10.1. The average Bonchev–Trinajstić information content (AvgIpc) is 2.81. The van der Waals surface area contributed by atoms with Crippen molar-refractivity contribution in [3.05, 3.63) is 11.1 Å². The molecule has 0 spiro atoms. The van der Waals surface area contributed by atoms with Gasteiger partial charge in [-0.2, -0.15) is 0 Å². The molecular weight excluding hydrogens is 172 g/mol. The third-order valence-electron chi connectivity index (χ3n) is 3.77. The van der Waals surface area contributed by atoms with E-state index in [0.717, 1.165) is 31.6 Å². The van der Waals surface area contributed by atoms with E-state index in [0.29, 0.717) is 0 Å². The normalized spacial score (nSPS) is 23.6. The van der Waals surface area contributed by atoms with Crippen LogP contribution < -0.4 is 5.32 Å². The molecule has 2 heteroatoms. The van der Waals surface area contributed by atoms with Crippen molar-refractivity contribution in [3.63, 3.8) is 0 Å². The number of hydrogen-bond acceptors (Lipinski definition) is 2. The van der Waals surface area contributed by atoms with Crippen molar-refractivity contribution in [3.8, 4) is 0 Å². The molecule has 0 amide bonds. The summed E-state index contributed by atoms with van der Waals surface area (Å²) in [6, 6.07) is 0.776. The van der Waals surface area contributed by atoms with Crippen molar-refractivity contribution in [1.82, 2.24) is 10.2 Å². The van der Waals surface area contributed by atoms with Crippen LogP contribution in [-0.2, 0) is 0 Å². The van der Waals surface area contributed by atoms with E-state index < -0.39 is 0 Å². The summed E-state index contributed by atoms with van der Waals surface area (Å²) >= 11 is 0. The first-order chi connectivity index (χ1) is 6.68. The van der Waals surface area contributed by atoms with Gasteiger partial charge in [0.05, 0.1) is 0 Å². The predicted molar refractivity (Wildman–Crippen MR) is 60.4 cm³/mol. The lowest BCUT2D eigenvalue weighted by molar-refractivity contribution is 0.252. The highest BCUT2D eigenvalue weighted by atomic mass is 15.1. The van der Waals surface area contributed by atoms with Gasteiger partial charge in [-0.25, -0.2) is 0 Å². The van der Waals surface area contributed by atoms with Gasteiger partial charge in [-0.05, 0) is 45.2 Å². The Balaban J connectivity index is 1.83. The molecule has 2 fully saturated rings. The molecule has 1 atom stereocenters. The third kappa shape index (κ3) is 2.18. The third-order valence-corrected chi connectivity index (χ3v) is 3.77. The second-order valence-electron chi connectivity index (χ2n) is 4.98. The highest BCUT2D eigenvalue weighted by Crippen LogP contribution is 2.34. The Kier molecular flexibility index (Phi) is 2.93. The van der Waals surface area contributed by atoms with Crippen LogP contribution >= 0.6 is 0 Å². The maximum absolute atomic E-state index is 3.30. The maximum atomic E-state index is 3.30. The number of hydrogen-bond donors (Lipinski definition) is 1.